The second-order valence-corrected chi connectivity index (χ2v) is 9.16. The summed E-state index contributed by atoms with van der Waals surface area (Å²) < 4.78 is 0. The molecule has 3 aromatic rings. The van der Waals surface area contributed by atoms with Crippen LogP contribution in [0.15, 0.2) is 36.4 Å². The van der Waals surface area contributed by atoms with Crippen molar-refractivity contribution in [2.24, 2.45) is 0 Å². The molecule has 2 aromatic carbocycles. The quantitative estimate of drug-likeness (QED) is 0.413. The van der Waals surface area contributed by atoms with Gasteiger partial charge in [-0.05, 0) is 63.8 Å². The van der Waals surface area contributed by atoms with E-state index >= 15 is 0 Å². The number of aryl methyl sites for hydroxylation is 2. The second kappa shape index (κ2) is 9.62. The largest absolute Gasteiger partial charge is 0.362 e. The molecular weight excluding hydrogens is 432 g/mol. The first kappa shape index (κ1) is 23.4. The van der Waals surface area contributed by atoms with Gasteiger partial charge in [-0.1, -0.05) is 12.1 Å². The zero-order valence-electron chi connectivity index (χ0n) is 20.0. The third-order valence-corrected chi connectivity index (χ3v) is 6.34. The van der Waals surface area contributed by atoms with Crippen LogP contribution in [-0.2, 0) is 0 Å². The van der Waals surface area contributed by atoms with Gasteiger partial charge in [0.15, 0.2) is 0 Å². The van der Waals surface area contributed by atoms with Gasteiger partial charge in [0.1, 0.15) is 5.82 Å². The predicted octanol–water partition coefficient (Wildman–Crippen LogP) is 4.37. The van der Waals surface area contributed by atoms with Crippen molar-refractivity contribution in [2.75, 3.05) is 24.3 Å². The summed E-state index contributed by atoms with van der Waals surface area (Å²) >= 11 is 0. The van der Waals surface area contributed by atoms with Gasteiger partial charge in [0.2, 0.25) is 5.95 Å². The van der Waals surface area contributed by atoms with Crippen molar-refractivity contribution in [3.8, 4) is 0 Å². The highest BCUT2D eigenvalue weighted by Gasteiger charge is 2.25. The molecule has 1 aliphatic rings. The van der Waals surface area contributed by atoms with Crippen molar-refractivity contribution < 1.29 is 9.72 Å². The minimum Gasteiger partial charge on any atom is -0.362 e. The van der Waals surface area contributed by atoms with Gasteiger partial charge in [-0.25, -0.2) is 4.98 Å². The first-order chi connectivity index (χ1) is 16.2. The number of hydrogen-bond donors (Lipinski definition) is 2. The molecule has 178 valence electrons. The topological polar surface area (TPSA) is 113 Å². The summed E-state index contributed by atoms with van der Waals surface area (Å²) in [4.78, 5) is 35.0. The Morgan fingerprint density at radius 1 is 1.03 bits per heavy atom. The number of para-hydroxylation sites is 1. The van der Waals surface area contributed by atoms with E-state index < -0.39 is 4.92 Å². The molecule has 0 saturated heterocycles. The number of nitrogens with zero attached hydrogens (tertiary/aromatic N) is 4. The number of fused-ring (bicyclic) bond motifs is 1. The van der Waals surface area contributed by atoms with Crippen LogP contribution < -0.4 is 15.5 Å². The summed E-state index contributed by atoms with van der Waals surface area (Å²) in [6, 6.07) is 11.4. The molecule has 4 rings (SSSR count). The highest BCUT2D eigenvalue weighted by molar-refractivity contribution is 5.95. The lowest BCUT2D eigenvalue weighted by Crippen LogP contribution is -2.40. The highest BCUT2D eigenvalue weighted by atomic mass is 16.6. The van der Waals surface area contributed by atoms with Crippen LogP contribution in [-0.4, -0.2) is 47.0 Å². The van der Waals surface area contributed by atoms with E-state index in [1.165, 1.54) is 0 Å². The van der Waals surface area contributed by atoms with Crippen LogP contribution in [0.4, 0.5) is 17.5 Å². The molecule has 34 heavy (non-hydrogen) atoms. The molecule has 0 atom stereocenters. The van der Waals surface area contributed by atoms with Gasteiger partial charge in [0.05, 0.1) is 10.4 Å². The number of nitro groups is 1. The van der Waals surface area contributed by atoms with E-state index in [1.807, 2.05) is 43.3 Å². The summed E-state index contributed by atoms with van der Waals surface area (Å²) in [6.45, 7) is 3.32. The molecule has 1 amide bonds. The number of rotatable bonds is 6. The van der Waals surface area contributed by atoms with E-state index in [0.717, 1.165) is 42.4 Å². The normalized spacial score (nSPS) is 17.9. The Morgan fingerprint density at radius 3 is 2.26 bits per heavy atom. The lowest BCUT2D eigenvalue weighted by atomic mass is 9.91. The summed E-state index contributed by atoms with van der Waals surface area (Å²) in [5.41, 5.74) is 2.42. The highest BCUT2D eigenvalue weighted by Crippen LogP contribution is 2.27. The van der Waals surface area contributed by atoms with E-state index in [9.17, 15) is 14.9 Å². The maximum absolute atomic E-state index is 12.8. The van der Waals surface area contributed by atoms with Crippen LogP contribution in [0.1, 0.15) is 47.2 Å². The fourth-order valence-corrected chi connectivity index (χ4v) is 4.67. The van der Waals surface area contributed by atoms with Gasteiger partial charge in [-0.15, -0.1) is 0 Å². The van der Waals surface area contributed by atoms with Gasteiger partial charge in [-0.2, -0.15) is 4.98 Å². The van der Waals surface area contributed by atoms with Gasteiger partial charge in [0.25, 0.3) is 11.6 Å². The maximum Gasteiger partial charge on any atom is 0.275 e. The van der Waals surface area contributed by atoms with Crippen molar-refractivity contribution in [3.63, 3.8) is 0 Å². The minimum atomic E-state index is -0.401. The fourth-order valence-electron chi connectivity index (χ4n) is 4.67. The van der Waals surface area contributed by atoms with Crippen LogP contribution in [0.3, 0.4) is 0 Å². The zero-order chi connectivity index (χ0) is 24.4. The number of benzene rings is 2. The number of nitrogens with one attached hydrogen (secondary N) is 2. The van der Waals surface area contributed by atoms with Crippen molar-refractivity contribution in [2.45, 2.75) is 51.6 Å². The van der Waals surface area contributed by atoms with E-state index in [-0.39, 0.29) is 23.7 Å². The summed E-state index contributed by atoms with van der Waals surface area (Å²) in [6.07, 6.45) is 3.44. The van der Waals surface area contributed by atoms with Crippen LogP contribution in [0.25, 0.3) is 10.9 Å². The standard InChI is InChI=1S/C25H30N6O3/c1-15-13-17(14-16(2)22(15)31(33)34)24(32)26-18-9-11-19(12-10-18)27-25-28-21-8-6-5-7-20(21)23(29-25)30(3)4/h5-8,13-14,18-19H,9-12H2,1-4H3,(H,26,32)(H,27,28,29)/t18-,19+. The number of carbonyl (C=O) groups excluding carboxylic acids is 1. The van der Waals surface area contributed by atoms with Crippen LogP contribution in [0.5, 0.6) is 0 Å². The van der Waals surface area contributed by atoms with E-state index in [1.54, 1.807) is 26.0 Å². The van der Waals surface area contributed by atoms with Crippen molar-refractivity contribution in [1.82, 2.24) is 15.3 Å². The number of hydrogen-bond acceptors (Lipinski definition) is 7. The first-order valence-electron chi connectivity index (χ1n) is 11.5. The molecule has 0 aliphatic heterocycles. The van der Waals surface area contributed by atoms with E-state index in [0.29, 0.717) is 22.6 Å². The SMILES string of the molecule is Cc1cc(C(=O)N[C@H]2CC[C@@H](Nc3nc(N(C)C)c4ccccc4n3)CC2)cc(C)c1[N+](=O)[O-]. The Morgan fingerprint density at radius 2 is 1.65 bits per heavy atom. The first-order valence-corrected chi connectivity index (χ1v) is 11.5. The number of aromatic nitrogens is 2. The lowest BCUT2D eigenvalue weighted by molar-refractivity contribution is -0.386. The molecule has 9 nitrogen and oxygen atoms in total. The Bertz CT molecular complexity index is 1210. The number of nitro benzene ring substituents is 1. The second-order valence-electron chi connectivity index (χ2n) is 9.16. The summed E-state index contributed by atoms with van der Waals surface area (Å²) in [5.74, 6) is 1.31. The molecular formula is C25H30N6O3. The Labute approximate surface area is 198 Å². The molecule has 2 N–H and O–H groups in total. The molecule has 1 aliphatic carbocycles. The van der Waals surface area contributed by atoms with Gasteiger partial charge in [0, 0.05) is 48.3 Å². The van der Waals surface area contributed by atoms with Crippen molar-refractivity contribution in [3.05, 3.63) is 63.2 Å². The third-order valence-electron chi connectivity index (χ3n) is 6.34. The van der Waals surface area contributed by atoms with Gasteiger partial charge < -0.3 is 15.5 Å². The predicted molar refractivity (Wildman–Crippen MR) is 134 cm³/mol. The molecule has 1 aromatic heterocycles. The Balaban J connectivity index is 1.38. The molecule has 0 radical (unpaired) electrons. The zero-order valence-corrected chi connectivity index (χ0v) is 20.0. The molecule has 1 fully saturated rings. The molecule has 1 saturated carbocycles. The van der Waals surface area contributed by atoms with E-state index in [4.69, 9.17) is 4.98 Å². The molecule has 0 unspecified atom stereocenters. The molecule has 0 bridgehead atoms. The Kier molecular flexibility index (Phi) is 6.63. The number of anilines is 2. The van der Waals surface area contributed by atoms with E-state index in [2.05, 4.69) is 15.6 Å². The fraction of sp³-hybridized carbons (Fsp3) is 0.400. The maximum atomic E-state index is 12.8. The van der Waals surface area contributed by atoms with Gasteiger partial charge in [-0.3, -0.25) is 14.9 Å². The Hall–Kier alpha value is -3.75. The number of carbonyl (C=O) groups is 1. The number of amides is 1. The summed E-state index contributed by atoms with van der Waals surface area (Å²) in [7, 11) is 3.95. The lowest BCUT2D eigenvalue weighted by Gasteiger charge is -2.30. The smallest absolute Gasteiger partial charge is 0.275 e. The minimum absolute atomic E-state index is 0.0659. The van der Waals surface area contributed by atoms with Gasteiger partial charge >= 0.3 is 0 Å². The third kappa shape index (κ3) is 4.93. The molecule has 0 spiro atoms. The van der Waals surface area contributed by atoms with Crippen LogP contribution in [0, 0.1) is 24.0 Å². The monoisotopic (exact) mass is 462 g/mol. The van der Waals surface area contributed by atoms with Crippen LogP contribution in [0.2, 0.25) is 0 Å². The molecule has 9 heteroatoms. The molecule has 1 heterocycles. The van der Waals surface area contributed by atoms with Crippen molar-refractivity contribution in [1.29, 1.82) is 0 Å². The summed E-state index contributed by atoms with van der Waals surface area (Å²) in [5, 5.41) is 18.8. The van der Waals surface area contributed by atoms with Crippen LogP contribution >= 0.6 is 0 Å². The average Bonchev–Trinajstić information content (AvgIpc) is 2.79. The average molecular weight is 463 g/mol. The van der Waals surface area contributed by atoms with Crippen molar-refractivity contribution >= 4 is 34.3 Å².